The Morgan fingerprint density at radius 2 is 1.74 bits per heavy atom. The van der Waals surface area contributed by atoms with E-state index in [0.29, 0.717) is 32.0 Å². The number of nitrogens with one attached hydrogen (secondary N) is 2. The van der Waals surface area contributed by atoms with Gasteiger partial charge in [0.15, 0.2) is 0 Å². The molecule has 3 rings (SSSR count). The van der Waals surface area contributed by atoms with Gasteiger partial charge in [-0.1, -0.05) is 6.07 Å². The summed E-state index contributed by atoms with van der Waals surface area (Å²) in [5, 5.41) is 5.98. The number of nitrogens with zero attached hydrogens (tertiary/aromatic N) is 4. The van der Waals surface area contributed by atoms with Gasteiger partial charge in [0.25, 0.3) is 0 Å². The van der Waals surface area contributed by atoms with Gasteiger partial charge in [0.1, 0.15) is 0 Å². The highest BCUT2D eigenvalue weighted by atomic mass is 16.2. The van der Waals surface area contributed by atoms with Crippen molar-refractivity contribution in [2.75, 3.05) is 48.3 Å². The van der Waals surface area contributed by atoms with Crippen molar-refractivity contribution >= 4 is 29.1 Å². The second-order valence-corrected chi connectivity index (χ2v) is 6.36. The topological polar surface area (TPSA) is 90.5 Å². The molecule has 0 unspecified atom stereocenters. The average molecular weight is 368 g/mol. The lowest BCUT2D eigenvalue weighted by molar-refractivity contribution is -0.131. The molecule has 0 spiro atoms. The third-order valence-electron chi connectivity index (χ3n) is 4.32. The monoisotopic (exact) mass is 368 g/mol. The SMILES string of the molecule is CC(=O)Nc1cccc(NCCC(=O)N2CCN(c3ncccn3)CC2)c1. The van der Waals surface area contributed by atoms with Gasteiger partial charge < -0.3 is 20.4 Å². The maximum atomic E-state index is 12.4. The highest BCUT2D eigenvalue weighted by Gasteiger charge is 2.21. The first kappa shape index (κ1) is 18.6. The zero-order valence-electron chi connectivity index (χ0n) is 15.4. The normalized spacial score (nSPS) is 14.0. The summed E-state index contributed by atoms with van der Waals surface area (Å²) in [4.78, 5) is 36.0. The van der Waals surface area contributed by atoms with Crippen LogP contribution in [-0.2, 0) is 9.59 Å². The second kappa shape index (κ2) is 8.98. The summed E-state index contributed by atoms with van der Waals surface area (Å²) >= 11 is 0. The average Bonchev–Trinajstić information content (AvgIpc) is 2.68. The first-order valence-corrected chi connectivity index (χ1v) is 9.03. The van der Waals surface area contributed by atoms with E-state index in [4.69, 9.17) is 0 Å². The van der Waals surface area contributed by atoms with Gasteiger partial charge in [0.05, 0.1) is 0 Å². The Bertz CT molecular complexity index is 775. The van der Waals surface area contributed by atoms with E-state index in [1.165, 1.54) is 6.92 Å². The van der Waals surface area contributed by atoms with Crippen LogP contribution in [0.1, 0.15) is 13.3 Å². The van der Waals surface area contributed by atoms with Gasteiger partial charge >= 0.3 is 0 Å². The van der Waals surface area contributed by atoms with Crippen molar-refractivity contribution < 1.29 is 9.59 Å². The molecule has 2 aromatic rings. The molecule has 2 N–H and O–H groups in total. The van der Waals surface area contributed by atoms with Crippen LogP contribution in [0.2, 0.25) is 0 Å². The number of rotatable bonds is 6. The van der Waals surface area contributed by atoms with Gasteiger partial charge in [-0.25, -0.2) is 9.97 Å². The van der Waals surface area contributed by atoms with Gasteiger partial charge in [-0.3, -0.25) is 9.59 Å². The van der Waals surface area contributed by atoms with Gasteiger partial charge in [-0.2, -0.15) is 0 Å². The molecule has 8 heteroatoms. The van der Waals surface area contributed by atoms with Crippen molar-refractivity contribution in [3.63, 3.8) is 0 Å². The van der Waals surface area contributed by atoms with Gasteiger partial charge in [-0.15, -0.1) is 0 Å². The maximum Gasteiger partial charge on any atom is 0.225 e. The van der Waals surface area contributed by atoms with Gasteiger partial charge in [0.2, 0.25) is 17.8 Å². The minimum Gasteiger partial charge on any atom is -0.384 e. The van der Waals surface area contributed by atoms with E-state index in [-0.39, 0.29) is 11.8 Å². The first-order valence-electron chi connectivity index (χ1n) is 9.03. The molecule has 0 aliphatic carbocycles. The summed E-state index contributed by atoms with van der Waals surface area (Å²) in [6.45, 7) is 4.85. The van der Waals surface area contributed by atoms with Crippen LogP contribution in [0, 0.1) is 0 Å². The molecule has 2 amide bonds. The molecule has 1 fully saturated rings. The molecule has 0 saturated carbocycles. The molecule has 8 nitrogen and oxygen atoms in total. The summed E-state index contributed by atoms with van der Waals surface area (Å²) in [7, 11) is 0. The van der Waals surface area contributed by atoms with Crippen molar-refractivity contribution in [1.29, 1.82) is 0 Å². The van der Waals surface area contributed by atoms with Crippen LogP contribution in [-0.4, -0.2) is 59.4 Å². The zero-order valence-corrected chi connectivity index (χ0v) is 15.4. The van der Waals surface area contributed by atoms with E-state index < -0.39 is 0 Å². The van der Waals surface area contributed by atoms with E-state index in [1.807, 2.05) is 29.2 Å². The van der Waals surface area contributed by atoms with Crippen LogP contribution in [0.15, 0.2) is 42.7 Å². The van der Waals surface area contributed by atoms with Crippen molar-refractivity contribution in [2.24, 2.45) is 0 Å². The van der Waals surface area contributed by atoms with Gasteiger partial charge in [0, 0.05) is 69.8 Å². The van der Waals surface area contributed by atoms with E-state index in [1.54, 1.807) is 18.5 Å². The molecule has 27 heavy (non-hydrogen) atoms. The van der Waals surface area contributed by atoms with E-state index in [0.717, 1.165) is 24.5 Å². The summed E-state index contributed by atoms with van der Waals surface area (Å²) in [5.41, 5.74) is 1.61. The number of hydrogen-bond acceptors (Lipinski definition) is 6. The predicted molar refractivity (Wildman–Crippen MR) is 105 cm³/mol. The van der Waals surface area contributed by atoms with Crippen molar-refractivity contribution in [3.05, 3.63) is 42.7 Å². The largest absolute Gasteiger partial charge is 0.384 e. The summed E-state index contributed by atoms with van der Waals surface area (Å²) in [6.07, 6.45) is 3.88. The number of carbonyl (C=O) groups is 2. The van der Waals surface area contributed by atoms with Gasteiger partial charge in [-0.05, 0) is 24.3 Å². The van der Waals surface area contributed by atoms with Crippen LogP contribution >= 0.6 is 0 Å². The molecular weight excluding hydrogens is 344 g/mol. The fourth-order valence-corrected chi connectivity index (χ4v) is 2.99. The highest BCUT2D eigenvalue weighted by molar-refractivity contribution is 5.89. The molecule has 1 saturated heterocycles. The van der Waals surface area contributed by atoms with E-state index in [2.05, 4.69) is 25.5 Å². The van der Waals surface area contributed by atoms with Crippen LogP contribution in [0.3, 0.4) is 0 Å². The molecule has 1 aliphatic rings. The fraction of sp³-hybridized carbons (Fsp3) is 0.368. The number of benzene rings is 1. The second-order valence-electron chi connectivity index (χ2n) is 6.36. The smallest absolute Gasteiger partial charge is 0.225 e. The third kappa shape index (κ3) is 5.40. The number of aromatic nitrogens is 2. The van der Waals surface area contributed by atoms with Crippen molar-refractivity contribution in [1.82, 2.24) is 14.9 Å². The van der Waals surface area contributed by atoms with E-state index in [9.17, 15) is 9.59 Å². The van der Waals surface area contributed by atoms with Crippen LogP contribution in [0.4, 0.5) is 17.3 Å². The Labute approximate surface area is 158 Å². The molecule has 2 heterocycles. The fourth-order valence-electron chi connectivity index (χ4n) is 2.99. The van der Waals surface area contributed by atoms with Crippen LogP contribution < -0.4 is 15.5 Å². The minimum absolute atomic E-state index is 0.109. The highest BCUT2D eigenvalue weighted by Crippen LogP contribution is 2.15. The van der Waals surface area contributed by atoms with Crippen molar-refractivity contribution in [2.45, 2.75) is 13.3 Å². The Hall–Kier alpha value is -3.16. The number of piperazine rings is 1. The quantitative estimate of drug-likeness (QED) is 0.805. The standard InChI is InChI=1S/C19H24N6O2/c1-15(26)23-17-5-2-4-16(14-17)20-9-6-18(27)24-10-12-25(13-11-24)19-21-7-3-8-22-19/h2-5,7-8,14,20H,6,9-13H2,1H3,(H,23,26). The molecule has 1 aliphatic heterocycles. The Morgan fingerprint density at radius 1 is 1.04 bits per heavy atom. The predicted octanol–water partition coefficient (Wildman–Crippen LogP) is 1.59. The third-order valence-corrected chi connectivity index (χ3v) is 4.32. The number of carbonyl (C=O) groups excluding carboxylic acids is 2. The molecule has 0 bridgehead atoms. The lowest BCUT2D eigenvalue weighted by Gasteiger charge is -2.34. The molecule has 0 atom stereocenters. The van der Waals surface area contributed by atoms with Crippen molar-refractivity contribution in [3.8, 4) is 0 Å². The Kier molecular flexibility index (Phi) is 6.19. The zero-order chi connectivity index (χ0) is 19.1. The lowest BCUT2D eigenvalue weighted by atomic mass is 10.2. The molecule has 1 aromatic heterocycles. The minimum atomic E-state index is -0.109. The Balaban J connectivity index is 1.42. The number of amides is 2. The van der Waals surface area contributed by atoms with Crippen LogP contribution in [0.5, 0.6) is 0 Å². The Morgan fingerprint density at radius 3 is 2.44 bits per heavy atom. The lowest BCUT2D eigenvalue weighted by Crippen LogP contribution is -2.49. The number of anilines is 3. The summed E-state index contributed by atoms with van der Waals surface area (Å²) in [6, 6.07) is 9.25. The number of hydrogen-bond donors (Lipinski definition) is 2. The molecule has 0 radical (unpaired) electrons. The van der Waals surface area contributed by atoms with Crippen LogP contribution in [0.25, 0.3) is 0 Å². The summed E-state index contributed by atoms with van der Waals surface area (Å²) < 4.78 is 0. The molecule has 142 valence electrons. The molecule has 1 aromatic carbocycles. The molecular formula is C19H24N6O2. The first-order chi connectivity index (χ1) is 13.1. The van der Waals surface area contributed by atoms with E-state index >= 15 is 0 Å². The maximum absolute atomic E-state index is 12.4. The summed E-state index contributed by atoms with van der Waals surface area (Å²) in [5.74, 6) is 0.738.